The van der Waals surface area contributed by atoms with E-state index in [2.05, 4.69) is 10.1 Å². The molecule has 3 rings (SSSR count). The molecule has 1 aromatic carbocycles. The first-order chi connectivity index (χ1) is 10.3. The normalized spacial score (nSPS) is 22.2. The van der Waals surface area contributed by atoms with Gasteiger partial charge in [-0.2, -0.15) is 4.98 Å². The van der Waals surface area contributed by atoms with Crippen molar-refractivity contribution < 1.29 is 9.26 Å². The number of nitrogens with zero attached hydrogens (tertiary/aromatic N) is 2. The van der Waals surface area contributed by atoms with Gasteiger partial charge in [-0.15, -0.1) is 0 Å². The topological polar surface area (TPSA) is 74.2 Å². The van der Waals surface area contributed by atoms with E-state index in [9.17, 15) is 0 Å². The molecule has 0 aliphatic heterocycles. The molecule has 1 aliphatic carbocycles. The molecule has 5 heteroatoms. The van der Waals surface area contributed by atoms with Gasteiger partial charge in [0.1, 0.15) is 5.75 Å². The minimum atomic E-state index is 0.382. The van der Waals surface area contributed by atoms with E-state index >= 15 is 0 Å². The van der Waals surface area contributed by atoms with Gasteiger partial charge in [0.2, 0.25) is 11.7 Å². The summed E-state index contributed by atoms with van der Waals surface area (Å²) in [6.07, 6.45) is 4.49. The first-order valence-corrected chi connectivity index (χ1v) is 7.48. The van der Waals surface area contributed by atoms with E-state index in [0.29, 0.717) is 17.7 Å². The molecule has 21 heavy (non-hydrogen) atoms. The monoisotopic (exact) mass is 287 g/mol. The lowest BCUT2D eigenvalue weighted by Gasteiger charge is -2.24. The minimum absolute atomic E-state index is 0.382. The number of aromatic nitrogens is 2. The Kier molecular flexibility index (Phi) is 4.20. The van der Waals surface area contributed by atoms with Crippen LogP contribution in [0.5, 0.6) is 5.75 Å². The predicted molar refractivity (Wildman–Crippen MR) is 80.0 cm³/mol. The molecule has 1 fully saturated rings. The van der Waals surface area contributed by atoms with Crippen molar-refractivity contribution in [2.75, 3.05) is 13.7 Å². The molecule has 112 valence electrons. The van der Waals surface area contributed by atoms with E-state index in [1.165, 1.54) is 0 Å². The molecule has 1 aliphatic rings. The van der Waals surface area contributed by atoms with Gasteiger partial charge in [-0.1, -0.05) is 5.16 Å². The first kappa shape index (κ1) is 14.1. The van der Waals surface area contributed by atoms with Crippen LogP contribution >= 0.6 is 0 Å². The van der Waals surface area contributed by atoms with Crippen LogP contribution in [0.15, 0.2) is 28.8 Å². The Labute approximate surface area is 124 Å². The smallest absolute Gasteiger partial charge is 0.230 e. The fraction of sp³-hybridized carbons (Fsp3) is 0.500. The van der Waals surface area contributed by atoms with Crippen molar-refractivity contribution in [2.24, 2.45) is 11.7 Å². The molecule has 0 unspecified atom stereocenters. The molecule has 2 N–H and O–H groups in total. The van der Waals surface area contributed by atoms with Crippen molar-refractivity contribution in [1.29, 1.82) is 0 Å². The van der Waals surface area contributed by atoms with Gasteiger partial charge in [0.25, 0.3) is 0 Å². The SMILES string of the molecule is COc1ccc(-c2noc(C3CCC(CN)CC3)n2)cc1. The quantitative estimate of drug-likeness (QED) is 0.935. The summed E-state index contributed by atoms with van der Waals surface area (Å²) in [6, 6.07) is 7.69. The molecule has 0 amide bonds. The van der Waals surface area contributed by atoms with Crippen LogP contribution < -0.4 is 10.5 Å². The molecule has 5 nitrogen and oxygen atoms in total. The van der Waals surface area contributed by atoms with Crippen molar-refractivity contribution in [1.82, 2.24) is 10.1 Å². The zero-order valence-corrected chi connectivity index (χ0v) is 12.3. The highest BCUT2D eigenvalue weighted by atomic mass is 16.5. The fourth-order valence-electron chi connectivity index (χ4n) is 2.90. The number of hydrogen-bond donors (Lipinski definition) is 1. The van der Waals surface area contributed by atoms with Gasteiger partial charge in [0.15, 0.2) is 0 Å². The van der Waals surface area contributed by atoms with Crippen LogP contribution in [-0.2, 0) is 0 Å². The molecule has 1 heterocycles. The van der Waals surface area contributed by atoms with Crippen molar-refractivity contribution in [3.63, 3.8) is 0 Å². The van der Waals surface area contributed by atoms with Gasteiger partial charge in [0, 0.05) is 11.5 Å². The number of nitrogens with two attached hydrogens (primary N) is 1. The molecule has 1 saturated carbocycles. The molecular formula is C16H21N3O2. The zero-order valence-electron chi connectivity index (χ0n) is 12.3. The highest BCUT2D eigenvalue weighted by Gasteiger charge is 2.25. The van der Waals surface area contributed by atoms with Crippen molar-refractivity contribution in [3.05, 3.63) is 30.2 Å². The second kappa shape index (κ2) is 6.26. The maximum atomic E-state index is 5.73. The lowest BCUT2D eigenvalue weighted by Crippen LogP contribution is -2.20. The Bertz CT molecular complexity index is 571. The van der Waals surface area contributed by atoms with Gasteiger partial charge in [-0.3, -0.25) is 0 Å². The standard InChI is InChI=1S/C16H21N3O2/c1-20-14-8-6-12(7-9-14)15-18-16(21-19-15)13-4-2-11(10-17)3-5-13/h6-9,11,13H,2-5,10,17H2,1H3. The van der Waals surface area contributed by atoms with Crippen LogP contribution in [0.25, 0.3) is 11.4 Å². The Morgan fingerprint density at radius 2 is 1.90 bits per heavy atom. The van der Waals surface area contributed by atoms with E-state index in [0.717, 1.165) is 49.4 Å². The summed E-state index contributed by atoms with van der Waals surface area (Å²) in [4.78, 5) is 4.56. The predicted octanol–water partition coefficient (Wildman–Crippen LogP) is 2.98. The highest BCUT2D eigenvalue weighted by Crippen LogP contribution is 2.35. The van der Waals surface area contributed by atoms with Gasteiger partial charge in [-0.25, -0.2) is 0 Å². The number of benzene rings is 1. The van der Waals surface area contributed by atoms with Crippen molar-refractivity contribution >= 4 is 0 Å². The number of methoxy groups -OCH3 is 1. The summed E-state index contributed by atoms with van der Waals surface area (Å²) in [5.41, 5.74) is 6.68. The molecule has 0 atom stereocenters. The van der Waals surface area contributed by atoms with E-state index < -0.39 is 0 Å². The third kappa shape index (κ3) is 3.08. The van der Waals surface area contributed by atoms with Crippen LogP contribution in [-0.4, -0.2) is 23.8 Å². The van der Waals surface area contributed by atoms with Crippen LogP contribution in [0.2, 0.25) is 0 Å². The lowest BCUT2D eigenvalue weighted by molar-refractivity contribution is 0.275. The van der Waals surface area contributed by atoms with E-state index in [4.69, 9.17) is 15.0 Å². The second-order valence-corrected chi connectivity index (χ2v) is 5.64. The molecule has 0 bridgehead atoms. The average molecular weight is 287 g/mol. The summed E-state index contributed by atoms with van der Waals surface area (Å²) < 4.78 is 10.6. The maximum Gasteiger partial charge on any atom is 0.230 e. The first-order valence-electron chi connectivity index (χ1n) is 7.48. The molecule has 0 radical (unpaired) electrons. The Hall–Kier alpha value is -1.88. The van der Waals surface area contributed by atoms with E-state index in [-0.39, 0.29) is 0 Å². The second-order valence-electron chi connectivity index (χ2n) is 5.64. The summed E-state index contributed by atoms with van der Waals surface area (Å²) in [5.74, 6) is 3.27. The van der Waals surface area contributed by atoms with Crippen LogP contribution in [0, 0.1) is 5.92 Å². The number of ether oxygens (including phenoxy) is 1. The summed E-state index contributed by atoms with van der Waals surface area (Å²) in [6.45, 7) is 0.785. The third-order valence-electron chi connectivity index (χ3n) is 4.32. The number of hydrogen-bond acceptors (Lipinski definition) is 5. The zero-order chi connectivity index (χ0) is 14.7. The molecule has 2 aromatic rings. The van der Waals surface area contributed by atoms with Gasteiger partial charge < -0.3 is 15.0 Å². The summed E-state index contributed by atoms with van der Waals surface area (Å²) >= 11 is 0. The summed E-state index contributed by atoms with van der Waals surface area (Å²) in [5, 5.41) is 4.10. The minimum Gasteiger partial charge on any atom is -0.497 e. The van der Waals surface area contributed by atoms with E-state index in [1.807, 2.05) is 24.3 Å². The van der Waals surface area contributed by atoms with Crippen LogP contribution in [0.4, 0.5) is 0 Å². The molecular weight excluding hydrogens is 266 g/mol. The Morgan fingerprint density at radius 3 is 2.52 bits per heavy atom. The van der Waals surface area contributed by atoms with Gasteiger partial charge in [-0.05, 0) is 62.4 Å². The molecule has 1 aromatic heterocycles. The van der Waals surface area contributed by atoms with Gasteiger partial charge >= 0.3 is 0 Å². The molecule has 0 spiro atoms. The average Bonchev–Trinajstić information content (AvgIpc) is 3.05. The van der Waals surface area contributed by atoms with Gasteiger partial charge in [0.05, 0.1) is 7.11 Å². The third-order valence-corrected chi connectivity index (χ3v) is 4.32. The number of rotatable bonds is 4. The Balaban J connectivity index is 1.71. The summed E-state index contributed by atoms with van der Waals surface area (Å²) in [7, 11) is 1.65. The van der Waals surface area contributed by atoms with Crippen molar-refractivity contribution in [2.45, 2.75) is 31.6 Å². The van der Waals surface area contributed by atoms with Crippen LogP contribution in [0.1, 0.15) is 37.5 Å². The fourth-order valence-corrected chi connectivity index (χ4v) is 2.90. The van der Waals surface area contributed by atoms with E-state index in [1.54, 1.807) is 7.11 Å². The Morgan fingerprint density at radius 1 is 1.19 bits per heavy atom. The lowest BCUT2D eigenvalue weighted by atomic mass is 9.82. The maximum absolute atomic E-state index is 5.73. The molecule has 0 saturated heterocycles. The van der Waals surface area contributed by atoms with Crippen molar-refractivity contribution in [3.8, 4) is 17.1 Å². The van der Waals surface area contributed by atoms with Crippen LogP contribution in [0.3, 0.4) is 0 Å². The highest BCUT2D eigenvalue weighted by molar-refractivity contribution is 5.55. The largest absolute Gasteiger partial charge is 0.497 e.